The second kappa shape index (κ2) is 4.84. The summed E-state index contributed by atoms with van der Waals surface area (Å²) in [6, 6.07) is 0. The lowest BCUT2D eigenvalue weighted by molar-refractivity contribution is -0.199. The molecule has 2 aromatic rings. The number of hydrogen-bond donors (Lipinski definition) is 1. The van der Waals surface area contributed by atoms with E-state index in [1.54, 1.807) is 17.1 Å². The first-order valence-corrected chi connectivity index (χ1v) is 7.33. The molecule has 0 radical (unpaired) electrons. The predicted molar refractivity (Wildman–Crippen MR) is 75.2 cm³/mol. The van der Waals surface area contributed by atoms with Crippen LogP contribution in [-0.4, -0.2) is 55.6 Å². The maximum absolute atomic E-state index is 9.53. The molecule has 22 heavy (non-hydrogen) atoms. The average Bonchev–Trinajstić information content (AvgIpc) is 3.10. The van der Waals surface area contributed by atoms with Crippen LogP contribution in [0, 0.1) is 0 Å². The van der Waals surface area contributed by atoms with Crippen LogP contribution in [0.1, 0.15) is 20.1 Å². The minimum atomic E-state index is -0.724. The summed E-state index contributed by atoms with van der Waals surface area (Å²) < 4.78 is 19.5. The molecular formula is C13H15ClN4O4. The zero-order valence-corrected chi connectivity index (χ0v) is 12.8. The van der Waals surface area contributed by atoms with Crippen LogP contribution in [0.5, 0.6) is 0 Å². The molecule has 0 bridgehead atoms. The summed E-state index contributed by atoms with van der Waals surface area (Å²) in [6.45, 7) is 3.53. The van der Waals surface area contributed by atoms with Gasteiger partial charge in [-0.05, 0) is 13.8 Å². The molecule has 118 valence electrons. The van der Waals surface area contributed by atoms with Gasteiger partial charge in [0.1, 0.15) is 23.8 Å². The number of fused-ring (bicyclic) bond motifs is 2. The van der Waals surface area contributed by atoms with Gasteiger partial charge in [0.15, 0.2) is 17.2 Å². The molecule has 0 unspecified atom stereocenters. The first-order chi connectivity index (χ1) is 10.5. The molecule has 4 rings (SSSR count). The second-order valence-electron chi connectivity index (χ2n) is 5.83. The van der Waals surface area contributed by atoms with Gasteiger partial charge in [0.25, 0.3) is 0 Å². The molecular weight excluding hydrogens is 312 g/mol. The fraction of sp³-hybridized carbons (Fsp3) is 0.615. The number of nitrogens with zero attached hydrogens (tertiary/aromatic N) is 4. The molecule has 2 aromatic heterocycles. The van der Waals surface area contributed by atoms with E-state index in [1.807, 2.05) is 13.8 Å². The van der Waals surface area contributed by atoms with E-state index in [0.29, 0.717) is 11.0 Å². The van der Waals surface area contributed by atoms with Crippen LogP contribution < -0.4 is 0 Å². The Bertz CT molecular complexity index is 721. The Labute approximate surface area is 131 Å². The summed E-state index contributed by atoms with van der Waals surface area (Å²) >= 11 is 6.00. The van der Waals surface area contributed by atoms with Gasteiger partial charge in [0.05, 0.1) is 24.6 Å². The Morgan fingerprint density at radius 3 is 2.91 bits per heavy atom. The number of aromatic nitrogens is 4. The highest BCUT2D eigenvalue weighted by Gasteiger charge is 2.55. The Hall–Kier alpha value is -1.32. The van der Waals surface area contributed by atoms with E-state index in [1.165, 1.54) is 0 Å². The van der Waals surface area contributed by atoms with E-state index in [4.69, 9.17) is 25.8 Å². The number of imidazole rings is 1. The second-order valence-corrected chi connectivity index (χ2v) is 6.19. The van der Waals surface area contributed by atoms with E-state index in [9.17, 15) is 5.11 Å². The van der Waals surface area contributed by atoms with E-state index in [2.05, 4.69) is 15.2 Å². The highest BCUT2D eigenvalue weighted by Crippen LogP contribution is 2.43. The maximum Gasteiger partial charge on any atom is 0.179 e. The van der Waals surface area contributed by atoms with Gasteiger partial charge >= 0.3 is 0 Å². The predicted octanol–water partition coefficient (Wildman–Crippen LogP) is 0.889. The van der Waals surface area contributed by atoms with Gasteiger partial charge in [-0.25, -0.2) is 4.98 Å². The first kappa shape index (κ1) is 14.3. The molecule has 8 nitrogen and oxygen atoms in total. The minimum Gasteiger partial charge on any atom is -0.394 e. The Balaban J connectivity index is 1.77. The normalized spacial score (nSPS) is 33.5. The molecule has 2 aliphatic rings. The monoisotopic (exact) mass is 326 g/mol. The van der Waals surface area contributed by atoms with Crippen molar-refractivity contribution >= 4 is 22.6 Å². The Morgan fingerprint density at radius 1 is 1.36 bits per heavy atom. The highest BCUT2D eigenvalue weighted by molar-refractivity contribution is 6.33. The quantitative estimate of drug-likeness (QED) is 0.876. The molecule has 2 saturated heterocycles. The number of halogens is 1. The third kappa shape index (κ3) is 2.03. The lowest BCUT2D eigenvalue weighted by Crippen LogP contribution is -2.31. The van der Waals surface area contributed by atoms with Crippen molar-refractivity contribution in [1.82, 2.24) is 19.7 Å². The van der Waals surface area contributed by atoms with Crippen LogP contribution in [0.4, 0.5) is 0 Å². The lowest BCUT2D eigenvalue weighted by Gasteiger charge is -2.24. The summed E-state index contributed by atoms with van der Waals surface area (Å²) in [5.41, 5.74) is 1.23. The number of hydrogen-bond acceptors (Lipinski definition) is 7. The van der Waals surface area contributed by atoms with Crippen LogP contribution in [0.2, 0.25) is 5.15 Å². The number of aliphatic hydroxyl groups excluding tert-OH is 1. The molecule has 2 aliphatic heterocycles. The van der Waals surface area contributed by atoms with Crippen LogP contribution in [0.25, 0.3) is 11.0 Å². The summed E-state index contributed by atoms with van der Waals surface area (Å²) in [7, 11) is 0. The molecule has 0 aromatic carbocycles. The summed E-state index contributed by atoms with van der Waals surface area (Å²) in [6.07, 6.45) is 1.55. The van der Waals surface area contributed by atoms with E-state index < -0.39 is 18.1 Å². The summed E-state index contributed by atoms with van der Waals surface area (Å²) in [4.78, 5) is 4.25. The van der Waals surface area contributed by atoms with Crippen molar-refractivity contribution in [2.75, 3.05) is 6.61 Å². The van der Waals surface area contributed by atoms with E-state index in [0.717, 1.165) is 0 Å². The zero-order valence-electron chi connectivity index (χ0n) is 12.0. The topological polar surface area (TPSA) is 91.5 Å². The Morgan fingerprint density at radius 2 is 2.14 bits per heavy atom. The van der Waals surface area contributed by atoms with Gasteiger partial charge in [0.2, 0.25) is 0 Å². The van der Waals surface area contributed by atoms with Crippen LogP contribution in [0.3, 0.4) is 0 Å². The van der Waals surface area contributed by atoms with Crippen molar-refractivity contribution in [3.8, 4) is 0 Å². The number of rotatable bonds is 2. The maximum atomic E-state index is 9.53. The van der Waals surface area contributed by atoms with Gasteiger partial charge in [-0.1, -0.05) is 11.6 Å². The molecule has 4 atom stereocenters. The van der Waals surface area contributed by atoms with Crippen LogP contribution in [0.15, 0.2) is 12.5 Å². The van der Waals surface area contributed by atoms with Gasteiger partial charge in [0, 0.05) is 0 Å². The average molecular weight is 327 g/mol. The lowest BCUT2D eigenvalue weighted by atomic mass is 10.1. The molecule has 1 N–H and O–H groups in total. The standard InChI is InChI=1S/C13H15ClN4O4/c1-13(2)21-9-7(4-19)20-12(10(9)22-13)18-5-15-8-6(18)3-16-17-11(8)14/h3,5,7,9-10,12,19H,4H2,1-2H3/t7-,9-,10-,12-/m1/s1. The number of ether oxygens (including phenoxy) is 3. The van der Waals surface area contributed by atoms with Crippen molar-refractivity contribution in [2.24, 2.45) is 0 Å². The fourth-order valence-electron chi connectivity index (χ4n) is 3.07. The molecule has 0 amide bonds. The molecule has 0 spiro atoms. The zero-order chi connectivity index (χ0) is 15.5. The first-order valence-electron chi connectivity index (χ1n) is 6.96. The largest absolute Gasteiger partial charge is 0.394 e. The summed E-state index contributed by atoms with van der Waals surface area (Å²) in [5, 5.41) is 17.4. The van der Waals surface area contributed by atoms with Gasteiger partial charge < -0.3 is 19.3 Å². The Kier molecular flexibility index (Phi) is 3.14. The van der Waals surface area contributed by atoms with Crippen molar-refractivity contribution in [3.05, 3.63) is 17.7 Å². The van der Waals surface area contributed by atoms with Crippen molar-refractivity contribution in [3.63, 3.8) is 0 Å². The van der Waals surface area contributed by atoms with Crippen LogP contribution in [-0.2, 0) is 14.2 Å². The third-order valence-electron chi connectivity index (χ3n) is 3.93. The molecule has 2 fully saturated rings. The molecule has 9 heteroatoms. The van der Waals surface area contributed by atoms with Crippen molar-refractivity contribution < 1.29 is 19.3 Å². The van der Waals surface area contributed by atoms with Gasteiger partial charge in [-0.15, -0.1) is 5.10 Å². The number of aliphatic hydroxyl groups is 1. The minimum absolute atomic E-state index is 0.149. The van der Waals surface area contributed by atoms with E-state index >= 15 is 0 Å². The van der Waals surface area contributed by atoms with Crippen LogP contribution >= 0.6 is 11.6 Å². The van der Waals surface area contributed by atoms with Gasteiger partial charge in [-0.3, -0.25) is 4.57 Å². The third-order valence-corrected chi connectivity index (χ3v) is 4.19. The van der Waals surface area contributed by atoms with Crippen molar-refractivity contribution in [1.29, 1.82) is 0 Å². The molecule has 0 aliphatic carbocycles. The van der Waals surface area contributed by atoms with E-state index in [-0.39, 0.29) is 24.0 Å². The SMILES string of the molecule is CC1(C)O[C@@H]2[C@H](O1)[C@@H](CO)O[C@H]2n1cnc2c(Cl)nncc21. The summed E-state index contributed by atoms with van der Waals surface area (Å²) in [5.74, 6) is -0.724. The molecule has 4 heterocycles. The molecule has 0 saturated carbocycles. The van der Waals surface area contributed by atoms with Crippen molar-refractivity contribution in [2.45, 2.75) is 44.2 Å². The van der Waals surface area contributed by atoms with Gasteiger partial charge in [-0.2, -0.15) is 5.10 Å². The highest BCUT2D eigenvalue weighted by atomic mass is 35.5. The fourth-order valence-corrected chi connectivity index (χ4v) is 3.26. The smallest absolute Gasteiger partial charge is 0.179 e.